The topological polar surface area (TPSA) is 70.1 Å². The van der Waals surface area contributed by atoms with Crippen LogP contribution in [-0.2, 0) is 35.4 Å². The number of nitrogens with zero attached hydrogens (tertiary/aromatic N) is 2. The van der Waals surface area contributed by atoms with Crippen molar-refractivity contribution in [1.29, 1.82) is 0 Å². The molecule has 1 atom stereocenters. The zero-order valence-corrected chi connectivity index (χ0v) is 17.8. The van der Waals surface area contributed by atoms with Gasteiger partial charge >= 0.3 is 5.97 Å². The molecule has 0 amide bonds. The Hall–Kier alpha value is -2.05. The number of hydrogen-bond donors (Lipinski definition) is 1. The number of aromatic nitrogens is 1. The summed E-state index contributed by atoms with van der Waals surface area (Å²) in [5.41, 5.74) is 7.79. The largest absolute Gasteiger partial charge is 0.456 e. The Bertz CT molecular complexity index is 838. The van der Waals surface area contributed by atoms with E-state index in [1.165, 1.54) is 5.56 Å². The van der Waals surface area contributed by atoms with Crippen LogP contribution >= 0.6 is 11.9 Å². The maximum Gasteiger partial charge on any atom is 0.368 e. The zero-order chi connectivity index (χ0) is 20.1. The first-order valence-corrected chi connectivity index (χ1v) is 10.9. The first-order chi connectivity index (χ1) is 13.4. The predicted octanol–water partition coefficient (Wildman–Crippen LogP) is 2.96. The second-order valence-corrected chi connectivity index (χ2v) is 8.76. The summed E-state index contributed by atoms with van der Waals surface area (Å²) in [6.45, 7) is 2.10. The Kier molecular flexibility index (Phi) is 6.62. The van der Waals surface area contributed by atoms with E-state index in [-0.39, 0.29) is 12.6 Å². The van der Waals surface area contributed by atoms with Gasteiger partial charge in [-0.25, -0.2) is 9.78 Å². The molecule has 2 aromatic rings. The molecule has 0 fully saturated rings. The van der Waals surface area contributed by atoms with E-state index in [9.17, 15) is 4.79 Å². The third kappa shape index (κ3) is 5.26. The number of anilines is 1. The van der Waals surface area contributed by atoms with E-state index in [4.69, 9.17) is 9.72 Å². The number of rotatable bonds is 2. The second kappa shape index (κ2) is 8.97. The van der Waals surface area contributed by atoms with Crippen molar-refractivity contribution in [3.8, 4) is 0 Å². The van der Waals surface area contributed by atoms with E-state index in [1.807, 2.05) is 30.6 Å². The van der Waals surface area contributed by atoms with Crippen molar-refractivity contribution in [2.24, 2.45) is 0 Å². The molecular weight excluding hydrogens is 370 g/mol. The summed E-state index contributed by atoms with van der Waals surface area (Å²) in [7, 11) is 1.99. The molecule has 1 aliphatic heterocycles. The summed E-state index contributed by atoms with van der Waals surface area (Å²) in [5, 5.41) is 0. The molecule has 28 heavy (non-hydrogen) atoms. The lowest BCUT2D eigenvalue weighted by molar-refractivity contribution is -0.456. The number of quaternary nitrogens is 1. The van der Waals surface area contributed by atoms with Gasteiger partial charge in [-0.2, -0.15) is 0 Å². The molecule has 3 N–H and O–H groups in total. The maximum absolute atomic E-state index is 12.7. The van der Waals surface area contributed by atoms with Crippen LogP contribution in [0.5, 0.6) is 0 Å². The third-order valence-electron chi connectivity index (χ3n) is 5.12. The van der Waals surface area contributed by atoms with Crippen molar-refractivity contribution in [3.05, 3.63) is 58.8 Å². The molecule has 0 saturated heterocycles. The predicted molar refractivity (Wildman–Crippen MR) is 114 cm³/mol. The molecule has 0 spiro atoms. The molecule has 1 aromatic carbocycles. The quantitative estimate of drug-likeness (QED) is 0.620. The molecule has 4 bridgehead atoms. The number of aryl methyl sites for hydroxylation is 2. The molecule has 5 nitrogen and oxygen atoms in total. The fourth-order valence-electron chi connectivity index (χ4n) is 3.48. The highest BCUT2D eigenvalue weighted by molar-refractivity contribution is 7.99. The van der Waals surface area contributed by atoms with Gasteiger partial charge in [0.15, 0.2) is 5.54 Å². The lowest BCUT2D eigenvalue weighted by Gasteiger charge is -2.20. The number of esters is 1. The number of carbonyl (C=O) groups is 1. The van der Waals surface area contributed by atoms with Crippen LogP contribution in [0.1, 0.15) is 42.1 Å². The lowest BCUT2D eigenvalue weighted by atomic mass is 9.92. The Morgan fingerprint density at radius 3 is 2.68 bits per heavy atom. The molecule has 1 aromatic heterocycles. The lowest BCUT2D eigenvalue weighted by Crippen LogP contribution is -2.76. The summed E-state index contributed by atoms with van der Waals surface area (Å²) in [5.74, 6) is 0.621. The number of carbonyl (C=O) groups excluding carboxylic acids is 1. The number of cyclic esters (lactones) is 1. The van der Waals surface area contributed by atoms with Crippen molar-refractivity contribution in [2.75, 3.05) is 17.6 Å². The van der Waals surface area contributed by atoms with E-state index in [1.54, 1.807) is 11.9 Å². The Morgan fingerprint density at radius 2 is 1.89 bits per heavy atom. The van der Waals surface area contributed by atoms with Gasteiger partial charge < -0.3 is 14.8 Å². The molecule has 6 heteroatoms. The summed E-state index contributed by atoms with van der Waals surface area (Å²) < 4.78 is 7.69. The number of hydrogen-bond acceptors (Lipinski definition) is 5. The van der Waals surface area contributed by atoms with Gasteiger partial charge in [-0.05, 0) is 54.5 Å². The van der Waals surface area contributed by atoms with E-state index >= 15 is 0 Å². The van der Waals surface area contributed by atoms with Gasteiger partial charge in [0.2, 0.25) is 0 Å². The van der Waals surface area contributed by atoms with E-state index < -0.39 is 5.54 Å². The summed E-state index contributed by atoms with van der Waals surface area (Å²) in [6, 6.07) is 12.5. The van der Waals surface area contributed by atoms with Gasteiger partial charge in [-0.1, -0.05) is 36.2 Å². The van der Waals surface area contributed by atoms with Crippen molar-refractivity contribution < 1.29 is 15.3 Å². The van der Waals surface area contributed by atoms with Crippen LogP contribution in [0.3, 0.4) is 0 Å². The average Bonchev–Trinajstić information content (AvgIpc) is 2.68. The maximum atomic E-state index is 12.7. The smallest absolute Gasteiger partial charge is 0.368 e. The molecular formula is C22H30N3O2S+. The highest BCUT2D eigenvalue weighted by Crippen LogP contribution is 2.22. The summed E-state index contributed by atoms with van der Waals surface area (Å²) in [4.78, 5) is 17.5. The summed E-state index contributed by atoms with van der Waals surface area (Å²) in [6.07, 6.45) is 6.73. The fraction of sp³-hybridized carbons (Fsp3) is 0.455. The van der Waals surface area contributed by atoms with Gasteiger partial charge in [-0.3, -0.25) is 0 Å². The van der Waals surface area contributed by atoms with Crippen LogP contribution < -0.4 is 10.0 Å². The molecule has 1 aliphatic rings. The van der Waals surface area contributed by atoms with Gasteiger partial charge in [-0.15, -0.1) is 0 Å². The van der Waals surface area contributed by atoms with E-state index in [0.717, 1.165) is 48.3 Å². The van der Waals surface area contributed by atoms with E-state index in [0.29, 0.717) is 6.42 Å². The molecule has 3 rings (SSSR count). The number of benzene rings is 1. The minimum atomic E-state index is -0.812. The standard InChI is InChI=1S/C22H29N3O2S/c1-22(23)14-17-9-6-8-16(11-17)7-4-5-10-19-12-18(15-27-21(22)26)13-20(24-19)25(2)28-3/h6,8-9,11-13H,4-5,7,10,14-15,23H2,1-3H3/p+1. The molecule has 0 saturated carbocycles. The number of ether oxygens (including phenoxy) is 1. The van der Waals surface area contributed by atoms with Crippen molar-refractivity contribution >= 4 is 23.7 Å². The van der Waals surface area contributed by atoms with Crippen molar-refractivity contribution in [1.82, 2.24) is 4.98 Å². The van der Waals surface area contributed by atoms with Crippen LogP contribution in [0, 0.1) is 0 Å². The molecule has 0 aliphatic carbocycles. The minimum Gasteiger partial charge on any atom is -0.456 e. The van der Waals surface area contributed by atoms with Gasteiger partial charge in [0.05, 0.1) is 0 Å². The van der Waals surface area contributed by atoms with Crippen molar-refractivity contribution in [2.45, 2.75) is 51.2 Å². The monoisotopic (exact) mass is 400 g/mol. The first kappa shape index (κ1) is 20.7. The highest BCUT2D eigenvalue weighted by Gasteiger charge is 2.35. The van der Waals surface area contributed by atoms with Gasteiger partial charge in [0, 0.05) is 32.3 Å². The molecule has 150 valence electrons. The first-order valence-electron chi connectivity index (χ1n) is 9.75. The number of fused-ring (bicyclic) bond motifs is 4. The second-order valence-electron chi connectivity index (χ2n) is 7.85. The average molecular weight is 401 g/mol. The third-order valence-corrected chi connectivity index (χ3v) is 5.85. The van der Waals surface area contributed by atoms with Crippen molar-refractivity contribution in [3.63, 3.8) is 0 Å². The van der Waals surface area contributed by atoms with Crippen LogP contribution in [0.2, 0.25) is 0 Å². The van der Waals surface area contributed by atoms with Crippen LogP contribution in [0.4, 0.5) is 5.82 Å². The van der Waals surface area contributed by atoms with Gasteiger partial charge in [0.25, 0.3) is 0 Å². The SMILES string of the molecule is CSN(C)c1cc2cc(n1)CCCCc1cccc(c1)CC(C)([NH3+])C(=O)OC2. The fourth-order valence-corrected chi connectivity index (χ4v) is 3.76. The Balaban J connectivity index is 1.90. The summed E-state index contributed by atoms with van der Waals surface area (Å²) >= 11 is 1.61. The Labute approximate surface area is 171 Å². The highest BCUT2D eigenvalue weighted by atomic mass is 32.2. The molecule has 0 radical (unpaired) electrons. The van der Waals surface area contributed by atoms with Crippen LogP contribution in [-0.4, -0.2) is 29.8 Å². The Morgan fingerprint density at radius 1 is 1.14 bits per heavy atom. The molecule has 1 unspecified atom stereocenters. The van der Waals surface area contributed by atoms with Crippen LogP contribution in [0.25, 0.3) is 0 Å². The van der Waals surface area contributed by atoms with Crippen LogP contribution in [0.15, 0.2) is 36.4 Å². The van der Waals surface area contributed by atoms with Gasteiger partial charge in [0.1, 0.15) is 12.4 Å². The van der Waals surface area contributed by atoms with E-state index in [2.05, 4.69) is 36.1 Å². The molecule has 2 heterocycles. The minimum absolute atomic E-state index is 0.245. The zero-order valence-electron chi connectivity index (χ0n) is 17.0. The number of pyridine rings is 1. The normalized spacial score (nSPS) is 20.6.